The van der Waals surface area contributed by atoms with Crippen LogP contribution in [-0.4, -0.2) is 52.8 Å². The topological polar surface area (TPSA) is 208 Å². The fourth-order valence-electron chi connectivity index (χ4n) is 6.14. The highest BCUT2D eigenvalue weighted by Crippen LogP contribution is 2.35. The van der Waals surface area contributed by atoms with E-state index >= 15 is 0 Å². The molecule has 14 nitrogen and oxygen atoms in total. The Kier molecular flexibility index (Phi) is 17.3. The molecular formula is C40H50ClN5O9S. The number of azo groups is 1. The highest BCUT2D eigenvalue weighted by Gasteiger charge is 2.39. The van der Waals surface area contributed by atoms with Crippen LogP contribution >= 0.6 is 11.6 Å². The van der Waals surface area contributed by atoms with E-state index in [4.69, 9.17) is 16.3 Å². The number of nitrogens with zero attached hydrogens (tertiary/aromatic N) is 4. The van der Waals surface area contributed by atoms with Gasteiger partial charge in [0, 0.05) is 12.5 Å². The molecule has 0 spiro atoms. The average molecular weight is 812 g/mol. The van der Waals surface area contributed by atoms with E-state index in [-0.39, 0.29) is 34.4 Å². The number of phenols is 1. The van der Waals surface area contributed by atoms with Crippen LogP contribution in [0.2, 0.25) is 5.02 Å². The molecule has 3 aromatic carbocycles. The van der Waals surface area contributed by atoms with Crippen molar-refractivity contribution in [1.82, 2.24) is 5.32 Å². The number of aromatic hydroxyl groups is 1. The maximum absolute atomic E-state index is 13.8. The normalized spacial score (nSPS) is 14.3. The summed E-state index contributed by atoms with van der Waals surface area (Å²) in [5.74, 6) is -3.51. The van der Waals surface area contributed by atoms with E-state index in [1.54, 1.807) is 30.3 Å². The standard InChI is InChI=1S/C40H50ClN5O9S/c1-2-3-4-5-6-7-8-9-10-11-12-13-14-15-19-22-36(48)42-38-37(44-43-32-26-30(40(50)51)33(47)27-31(32)41)39(49)46(45-38)28-23-24-34(35(25-28)56(52,53)54)55-29-20-17-16-18-21-29/h16-18,20-21,23-27,37,47H,2-15,19,22H2,1H3,(H,50,51)(H,42,45,48)(H,52,53,54). The Hall–Kier alpha value is -4.86. The number of hydrogen-bond donors (Lipinski definition) is 4. The van der Waals surface area contributed by atoms with E-state index in [1.807, 2.05) is 0 Å². The third kappa shape index (κ3) is 13.4. The van der Waals surface area contributed by atoms with Crippen LogP contribution < -0.4 is 15.1 Å². The van der Waals surface area contributed by atoms with Gasteiger partial charge in [-0.15, -0.1) is 5.10 Å². The van der Waals surface area contributed by atoms with Gasteiger partial charge in [0.15, 0.2) is 5.84 Å². The summed E-state index contributed by atoms with van der Waals surface area (Å²) in [6.45, 7) is 2.23. The molecular weight excluding hydrogens is 762 g/mol. The molecule has 302 valence electrons. The number of benzene rings is 3. The number of rotatable bonds is 23. The van der Waals surface area contributed by atoms with Crippen molar-refractivity contribution in [1.29, 1.82) is 0 Å². The second-order valence-corrected chi connectivity index (χ2v) is 15.4. The summed E-state index contributed by atoms with van der Waals surface area (Å²) in [6, 6.07) is 12.2. The van der Waals surface area contributed by atoms with Crippen molar-refractivity contribution < 1.29 is 42.3 Å². The number of carboxylic acid groups (broad SMARTS) is 1. The van der Waals surface area contributed by atoms with Crippen molar-refractivity contribution in [2.45, 2.75) is 121 Å². The monoisotopic (exact) mass is 811 g/mol. The molecule has 16 heteroatoms. The number of amidine groups is 1. The summed E-state index contributed by atoms with van der Waals surface area (Å²) >= 11 is 6.17. The van der Waals surface area contributed by atoms with Crippen LogP contribution in [0, 0.1) is 0 Å². The maximum atomic E-state index is 13.8. The first-order chi connectivity index (χ1) is 26.9. The molecule has 1 aliphatic rings. The van der Waals surface area contributed by atoms with Gasteiger partial charge in [-0.1, -0.05) is 127 Å². The molecule has 0 saturated heterocycles. The minimum absolute atomic E-state index is 0.106. The number of unbranched alkanes of at least 4 members (excludes halogenated alkanes) is 14. The number of para-hydroxylation sites is 1. The Morgan fingerprint density at radius 1 is 0.875 bits per heavy atom. The van der Waals surface area contributed by atoms with Crippen LogP contribution in [0.15, 0.2) is 80.9 Å². The number of nitrogens with one attached hydrogen (secondary N) is 1. The van der Waals surface area contributed by atoms with Gasteiger partial charge in [0.2, 0.25) is 11.9 Å². The first-order valence-corrected chi connectivity index (χ1v) is 20.9. The SMILES string of the molecule is CCCCCCCCCCCCCCCCCC(=O)NC1=NN(c2ccc(Oc3ccccc3)c(S(=O)(=O)O)c2)C(=O)C1N=Nc1cc(C(=O)O)c(O)cc1Cl. The fraction of sp³-hybridized carbons (Fsp3) is 0.450. The van der Waals surface area contributed by atoms with Gasteiger partial charge in [-0.05, 0) is 42.8 Å². The molecule has 4 N–H and O–H groups in total. The van der Waals surface area contributed by atoms with Crippen LogP contribution in [0.1, 0.15) is 120 Å². The van der Waals surface area contributed by atoms with E-state index < -0.39 is 50.2 Å². The molecule has 0 aromatic heterocycles. The van der Waals surface area contributed by atoms with Gasteiger partial charge < -0.3 is 20.3 Å². The number of aromatic carboxylic acids is 1. The van der Waals surface area contributed by atoms with Crippen LogP contribution in [0.5, 0.6) is 17.2 Å². The number of hydrazone groups is 1. The average Bonchev–Trinajstić information content (AvgIpc) is 3.46. The van der Waals surface area contributed by atoms with Gasteiger partial charge >= 0.3 is 5.97 Å². The number of carboxylic acids is 1. The van der Waals surface area contributed by atoms with Crippen molar-refractivity contribution in [2.24, 2.45) is 15.3 Å². The number of carbonyl (C=O) groups is 3. The summed E-state index contributed by atoms with van der Waals surface area (Å²) in [5.41, 5.74) is -0.803. The lowest BCUT2D eigenvalue weighted by atomic mass is 10.0. The smallest absolute Gasteiger partial charge is 0.339 e. The third-order valence-electron chi connectivity index (χ3n) is 9.18. The minimum atomic E-state index is -4.87. The van der Waals surface area contributed by atoms with Crippen molar-refractivity contribution in [3.63, 3.8) is 0 Å². The summed E-state index contributed by atoms with van der Waals surface area (Å²) in [4.78, 5) is 37.8. The maximum Gasteiger partial charge on any atom is 0.339 e. The Balaban J connectivity index is 1.41. The molecule has 0 aliphatic carbocycles. The van der Waals surface area contributed by atoms with Crippen molar-refractivity contribution >= 4 is 56.7 Å². The molecule has 4 rings (SSSR count). The molecule has 3 aromatic rings. The summed E-state index contributed by atoms with van der Waals surface area (Å²) in [7, 11) is -4.87. The Morgan fingerprint density at radius 2 is 1.46 bits per heavy atom. The van der Waals surface area contributed by atoms with Gasteiger partial charge in [0.05, 0.1) is 10.7 Å². The summed E-state index contributed by atoms with van der Waals surface area (Å²) in [5, 5.41) is 34.9. The number of halogens is 1. The van der Waals surface area contributed by atoms with E-state index in [1.165, 1.54) is 76.3 Å². The van der Waals surface area contributed by atoms with Crippen LogP contribution in [0.25, 0.3) is 0 Å². The Bertz CT molecular complexity index is 1980. The van der Waals surface area contributed by atoms with E-state index in [2.05, 4.69) is 27.6 Å². The summed E-state index contributed by atoms with van der Waals surface area (Å²) in [6.07, 6.45) is 17.8. The summed E-state index contributed by atoms with van der Waals surface area (Å²) < 4.78 is 40.5. The predicted octanol–water partition coefficient (Wildman–Crippen LogP) is 9.97. The third-order valence-corrected chi connectivity index (χ3v) is 10.4. The predicted molar refractivity (Wildman–Crippen MR) is 214 cm³/mol. The Morgan fingerprint density at radius 3 is 2.04 bits per heavy atom. The zero-order valence-corrected chi connectivity index (χ0v) is 33.1. The quantitative estimate of drug-likeness (QED) is 0.0407. The van der Waals surface area contributed by atoms with Crippen molar-refractivity contribution in [3.8, 4) is 17.2 Å². The van der Waals surface area contributed by atoms with E-state index in [0.717, 1.165) is 48.9 Å². The molecule has 1 aliphatic heterocycles. The van der Waals surface area contributed by atoms with Crippen molar-refractivity contribution in [2.75, 3.05) is 5.01 Å². The number of anilines is 1. The molecule has 0 fully saturated rings. The zero-order valence-electron chi connectivity index (χ0n) is 31.5. The van der Waals surface area contributed by atoms with Gasteiger partial charge in [0.1, 0.15) is 33.4 Å². The first kappa shape index (κ1) is 43.9. The molecule has 1 heterocycles. The lowest BCUT2D eigenvalue weighted by Crippen LogP contribution is -2.39. The lowest BCUT2D eigenvalue weighted by molar-refractivity contribution is -0.119. The zero-order chi connectivity index (χ0) is 40.5. The van der Waals surface area contributed by atoms with Gasteiger partial charge in [0.25, 0.3) is 16.0 Å². The number of carbonyl (C=O) groups excluding carboxylic acids is 2. The Labute approximate surface area is 332 Å². The molecule has 0 radical (unpaired) electrons. The molecule has 1 atom stereocenters. The van der Waals surface area contributed by atoms with E-state index in [0.29, 0.717) is 12.2 Å². The highest BCUT2D eigenvalue weighted by molar-refractivity contribution is 7.86. The first-order valence-electron chi connectivity index (χ1n) is 19.1. The van der Waals surface area contributed by atoms with Crippen LogP contribution in [0.3, 0.4) is 0 Å². The number of ether oxygens (including phenoxy) is 1. The van der Waals surface area contributed by atoms with Crippen molar-refractivity contribution in [3.05, 3.63) is 71.2 Å². The molecule has 1 unspecified atom stereocenters. The van der Waals surface area contributed by atoms with Gasteiger partial charge in [-0.25, -0.2) is 4.79 Å². The fourth-order valence-corrected chi connectivity index (χ4v) is 6.97. The number of amides is 2. The minimum Gasteiger partial charge on any atom is -0.507 e. The molecule has 0 saturated carbocycles. The molecule has 56 heavy (non-hydrogen) atoms. The second-order valence-electron chi connectivity index (χ2n) is 13.6. The van der Waals surface area contributed by atoms with Crippen LogP contribution in [-0.2, 0) is 19.7 Å². The number of hydrogen-bond acceptors (Lipinski definition) is 10. The van der Waals surface area contributed by atoms with Gasteiger partial charge in [-0.3, -0.25) is 14.1 Å². The lowest BCUT2D eigenvalue weighted by Gasteiger charge is -2.15. The van der Waals surface area contributed by atoms with Gasteiger partial charge in [-0.2, -0.15) is 23.7 Å². The van der Waals surface area contributed by atoms with E-state index in [9.17, 15) is 37.6 Å². The molecule has 0 bridgehead atoms. The second kappa shape index (κ2) is 22.0. The molecule has 2 amide bonds. The van der Waals surface area contributed by atoms with Crippen LogP contribution in [0.4, 0.5) is 11.4 Å². The largest absolute Gasteiger partial charge is 0.507 e. The highest BCUT2D eigenvalue weighted by atomic mass is 35.5.